The van der Waals surface area contributed by atoms with Crippen molar-refractivity contribution in [2.24, 2.45) is 0 Å². The molecular weight excluding hydrogens is 274 g/mol. The van der Waals surface area contributed by atoms with Crippen LogP contribution in [-0.4, -0.2) is 24.1 Å². The summed E-state index contributed by atoms with van der Waals surface area (Å²) in [5.74, 6) is 1.45. The molecular formula is C14H21N3O2S. The first-order valence-corrected chi connectivity index (χ1v) is 8.52. The molecule has 2 N–H and O–H groups in total. The predicted octanol–water partition coefficient (Wildman–Crippen LogP) is 2.52. The molecule has 1 heterocycles. The normalized spacial score (nSPS) is 12.4. The Morgan fingerprint density at radius 2 is 2.10 bits per heavy atom. The van der Waals surface area contributed by atoms with E-state index in [-0.39, 0.29) is 5.75 Å². The number of nitrogens with one attached hydrogen (secondary N) is 2. The fourth-order valence-corrected chi connectivity index (χ4v) is 3.06. The summed E-state index contributed by atoms with van der Waals surface area (Å²) in [6.07, 6.45) is 0.618. The summed E-state index contributed by atoms with van der Waals surface area (Å²) < 4.78 is 25.9. The van der Waals surface area contributed by atoms with Gasteiger partial charge in [-0.2, -0.15) is 0 Å². The standard InChI is InChI=1S/C14H21N3O2S/c1-4-7-20(18,19)15-9-11-5-6-12-13(8-11)17-14(16-12)10(2)3/h5-6,8,10,15H,4,7,9H2,1-3H3,(H,16,17). The molecule has 0 unspecified atom stereocenters. The van der Waals surface area contributed by atoms with E-state index >= 15 is 0 Å². The summed E-state index contributed by atoms with van der Waals surface area (Å²) in [6, 6.07) is 5.77. The van der Waals surface area contributed by atoms with Crippen molar-refractivity contribution < 1.29 is 8.42 Å². The minimum absolute atomic E-state index is 0.163. The largest absolute Gasteiger partial charge is 0.342 e. The number of benzene rings is 1. The third kappa shape index (κ3) is 3.58. The van der Waals surface area contributed by atoms with Crippen LogP contribution in [0.15, 0.2) is 18.2 Å². The van der Waals surface area contributed by atoms with E-state index < -0.39 is 10.0 Å². The van der Waals surface area contributed by atoms with Gasteiger partial charge in [0.1, 0.15) is 5.82 Å². The molecule has 1 aromatic carbocycles. The van der Waals surface area contributed by atoms with Gasteiger partial charge in [0, 0.05) is 12.5 Å². The van der Waals surface area contributed by atoms with Crippen molar-refractivity contribution in [2.45, 2.75) is 39.7 Å². The van der Waals surface area contributed by atoms with Crippen molar-refractivity contribution in [1.82, 2.24) is 14.7 Å². The molecule has 5 nitrogen and oxygen atoms in total. The number of aromatic nitrogens is 2. The molecule has 0 saturated heterocycles. The second-order valence-corrected chi connectivity index (χ2v) is 7.19. The van der Waals surface area contributed by atoms with E-state index in [0.717, 1.165) is 22.4 Å². The Bertz CT molecular complexity index is 690. The van der Waals surface area contributed by atoms with Crippen LogP contribution in [0, 0.1) is 0 Å². The molecule has 1 aromatic heterocycles. The molecule has 2 rings (SSSR count). The predicted molar refractivity (Wildman–Crippen MR) is 81.1 cm³/mol. The number of aromatic amines is 1. The van der Waals surface area contributed by atoms with E-state index in [1.54, 1.807) is 0 Å². The SMILES string of the molecule is CCCS(=O)(=O)NCc1ccc2nc(C(C)C)[nH]c2c1. The van der Waals surface area contributed by atoms with Crippen LogP contribution >= 0.6 is 0 Å². The zero-order valence-corrected chi connectivity index (χ0v) is 12.9. The van der Waals surface area contributed by atoms with E-state index in [9.17, 15) is 8.42 Å². The van der Waals surface area contributed by atoms with E-state index in [1.165, 1.54) is 0 Å². The molecule has 0 saturated carbocycles. The van der Waals surface area contributed by atoms with Crippen LogP contribution < -0.4 is 4.72 Å². The molecule has 0 aliphatic carbocycles. The second-order valence-electron chi connectivity index (χ2n) is 5.27. The van der Waals surface area contributed by atoms with Gasteiger partial charge in [-0.05, 0) is 24.1 Å². The third-order valence-electron chi connectivity index (χ3n) is 3.08. The Morgan fingerprint density at radius 3 is 2.75 bits per heavy atom. The summed E-state index contributed by atoms with van der Waals surface area (Å²) >= 11 is 0. The lowest BCUT2D eigenvalue weighted by Gasteiger charge is -2.05. The van der Waals surface area contributed by atoms with Gasteiger partial charge in [0.15, 0.2) is 0 Å². The lowest BCUT2D eigenvalue weighted by Crippen LogP contribution is -2.25. The van der Waals surface area contributed by atoms with Crippen LogP contribution in [0.4, 0.5) is 0 Å². The quantitative estimate of drug-likeness (QED) is 0.860. The number of nitrogens with zero attached hydrogens (tertiary/aromatic N) is 1. The lowest BCUT2D eigenvalue weighted by atomic mass is 10.2. The maximum Gasteiger partial charge on any atom is 0.211 e. The Morgan fingerprint density at radius 1 is 1.35 bits per heavy atom. The summed E-state index contributed by atoms with van der Waals surface area (Å²) in [5, 5.41) is 0. The first-order chi connectivity index (χ1) is 9.41. The number of fused-ring (bicyclic) bond motifs is 1. The molecule has 0 spiro atoms. The maximum absolute atomic E-state index is 11.6. The molecule has 6 heteroatoms. The van der Waals surface area contributed by atoms with Crippen LogP contribution in [0.1, 0.15) is 44.5 Å². The third-order valence-corrected chi connectivity index (χ3v) is 4.61. The molecule has 0 aliphatic rings. The fraction of sp³-hybridized carbons (Fsp3) is 0.500. The summed E-state index contributed by atoms with van der Waals surface area (Å²) in [4.78, 5) is 7.77. The molecule has 20 heavy (non-hydrogen) atoms. The highest BCUT2D eigenvalue weighted by Crippen LogP contribution is 2.18. The van der Waals surface area contributed by atoms with E-state index in [2.05, 4.69) is 28.5 Å². The summed E-state index contributed by atoms with van der Waals surface area (Å²) in [7, 11) is -3.17. The van der Waals surface area contributed by atoms with Gasteiger partial charge >= 0.3 is 0 Å². The Hall–Kier alpha value is -1.40. The van der Waals surface area contributed by atoms with Crippen LogP contribution in [-0.2, 0) is 16.6 Å². The molecule has 0 bridgehead atoms. The smallest absolute Gasteiger partial charge is 0.211 e. The Kier molecular flexibility index (Phi) is 4.45. The monoisotopic (exact) mass is 295 g/mol. The van der Waals surface area contributed by atoms with E-state index in [4.69, 9.17) is 0 Å². The first-order valence-electron chi connectivity index (χ1n) is 6.87. The molecule has 0 aliphatic heterocycles. The van der Waals surface area contributed by atoms with E-state index in [0.29, 0.717) is 18.9 Å². The van der Waals surface area contributed by atoms with Crippen molar-refractivity contribution in [1.29, 1.82) is 0 Å². The number of hydrogen-bond donors (Lipinski definition) is 2. The number of imidazole rings is 1. The lowest BCUT2D eigenvalue weighted by molar-refractivity contribution is 0.580. The highest BCUT2D eigenvalue weighted by Gasteiger charge is 2.10. The zero-order chi connectivity index (χ0) is 14.8. The molecule has 0 atom stereocenters. The fourth-order valence-electron chi connectivity index (χ4n) is 1.99. The summed E-state index contributed by atoms with van der Waals surface area (Å²) in [6.45, 7) is 6.33. The average Bonchev–Trinajstić information content (AvgIpc) is 2.79. The van der Waals surface area contributed by atoms with Crippen molar-refractivity contribution >= 4 is 21.1 Å². The maximum atomic E-state index is 11.6. The van der Waals surface area contributed by atoms with Gasteiger partial charge in [0.25, 0.3) is 0 Å². The second kappa shape index (κ2) is 5.93. The van der Waals surface area contributed by atoms with Crippen molar-refractivity contribution in [3.8, 4) is 0 Å². The van der Waals surface area contributed by atoms with E-state index in [1.807, 2.05) is 25.1 Å². The number of sulfonamides is 1. The van der Waals surface area contributed by atoms with Crippen molar-refractivity contribution in [2.75, 3.05) is 5.75 Å². The highest BCUT2D eigenvalue weighted by atomic mass is 32.2. The zero-order valence-electron chi connectivity index (χ0n) is 12.1. The summed E-state index contributed by atoms with van der Waals surface area (Å²) in [5.41, 5.74) is 2.78. The van der Waals surface area contributed by atoms with Crippen LogP contribution in [0.3, 0.4) is 0 Å². The minimum atomic E-state index is -3.17. The first kappa shape index (κ1) is 15.0. The van der Waals surface area contributed by atoms with Crippen molar-refractivity contribution in [3.05, 3.63) is 29.6 Å². The van der Waals surface area contributed by atoms with Gasteiger partial charge in [0.2, 0.25) is 10.0 Å². The molecule has 0 amide bonds. The molecule has 0 fully saturated rings. The van der Waals surface area contributed by atoms with Gasteiger partial charge in [-0.1, -0.05) is 26.8 Å². The van der Waals surface area contributed by atoms with Crippen molar-refractivity contribution in [3.63, 3.8) is 0 Å². The van der Waals surface area contributed by atoms with Crippen LogP contribution in [0.2, 0.25) is 0 Å². The average molecular weight is 295 g/mol. The Balaban J connectivity index is 2.15. The minimum Gasteiger partial charge on any atom is -0.342 e. The topological polar surface area (TPSA) is 74.8 Å². The Labute approximate surface area is 119 Å². The van der Waals surface area contributed by atoms with Gasteiger partial charge in [-0.25, -0.2) is 18.1 Å². The molecule has 2 aromatic rings. The van der Waals surface area contributed by atoms with Crippen LogP contribution in [0.25, 0.3) is 11.0 Å². The number of rotatable bonds is 6. The van der Waals surface area contributed by atoms with Crippen LogP contribution in [0.5, 0.6) is 0 Å². The van der Waals surface area contributed by atoms with Gasteiger partial charge < -0.3 is 4.98 Å². The molecule has 0 radical (unpaired) electrons. The van der Waals surface area contributed by atoms with Gasteiger partial charge in [0.05, 0.1) is 16.8 Å². The number of H-pyrrole nitrogens is 1. The number of hydrogen-bond acceptors (Lipinski definition) is 3. The molecule has 110 valence electrons. The highest BCUT2D eigenvalue weighted by molar-refractivity contribution is 7.89. The van der Waals surface area contributed by atoms with Gasteiger partial charge in [-0.3, -0.25) is 0 Å². The van der Waals surface area contributed by atoms with Gasteiger partial charge in [-0.15, -0.1) is 0 Å².